The average molecular weight is 350 g/mol. The highest BCUT2D eigenvalue weighted by molar-refractivity contribution is 9.09. The minimum Gasteiger partial charge on any atom is -0.271 e. The third-order valence-corrected chi connectivity index (χ3v) is 6.26. The van der Waals surface area contributed by atoms with Gasteiger partial charge in [-0.2, -0.15) is 5.10 Å². The van der Waals surface area contributed by atoms with Crippen molar-refractivity contribution in [1.29, 1.82) is 0 Å². The van der Waals surface area contributed by atoms with E-state index in [1.54, 1.807) is 25.6 Å². The molecule has 19 heavy (non-hydrogen) atoms. The first-order chi connectivity index (χ1) is 8.81. The maximum Gasteiger partial charge on any atom is 0.244 e. The minimum absolute atomic E-state index is 0.323. The summed E-state index contributed by atoms with van der Waals surface area (Å²) in [6.45, 7) is 4.02. The zero-order chi connectivity index (χ0) is 14.2. The van der Waals surface area contributed by atoms with Crippen molar-refractivity contribution in [2.75, 3.05) is 6.54 Å². The maximum absolute atomic E-state index is 12.3. The first kappa shape index (κ1) is 15.0. The molecule has 1 saturated carbocycles. The van der Waals surface area contributed by atoms with E-state index in [2.05, 4.69) is 25.8 Å². The molecule has 1 fully saturated rings. The Morgan fingerprint density at radius 3 is 2.58 bits per heavy atom. The molecule has 1 aliphatic carbocycles. The summed E-state index contributed by atoms with van der Waals surface area (Å²) in [4.78, 5) is 0.854. The van der Waals surface area contributed by atoms with Gasteiger partial charge in [0, 0.05) is 18.4 Å². The van der Waals surface area contributed by atoms with Crippen molar-refractivity contribution in [3.63, 3.8) is 0 Å². The Hall–Kier alpha value is -0.400. The van der Waals surface area contributed by atoms with Crippen LogP contribution in [0.5, 0.6) is 0 Å². The van der Waals surface area contributed by atoms with Gasteiger partial charge in [0.05, 0.1) is 11.4 Å². The van der Waals surface area contributed by atoms with Crippen LogP contribution in [0.25, 0.3) is 0 Å². The first-order valence-electron chi connectivity index (χ1n) is 6.45. The molecule has 0 aromatic carbocycles. The van der Waals surface area contributed by atoms with Crippen molar-refractivity contribution in [3.8, 4) is 0 Å². The summed E-state index contributed by atoms with van der Waals surface area (Å²) in [5.41, 5.74) is 1.23. The van der Waals surface area contributed by atoms with Crippen LogP contribution in [-0.2, 0) is 17.1 Å². The lowest BCUT2D eigenvalue weighted by Crippen LogP contribution is -2.29. The zero-order valence-electron chi connectivity index (χ0n) is 11.5. The van der Waals surface area contributed by atoms with Crippen LogP contribution < -0.4 is 4.72 Å². The summed E-state index contributed by atoms with van der Waals surface area (Å²) in [7, 11) is -1.70. The molecule has 0 bridgehead atoms. The average Bonchev–Trinajstić information content (AvgIpc) is 2.82. The molecule has 1 aliphatic rings. The van der Waals surface area contributed by atoms with Crippen LogP contribution in [0, 0.1) is 19.8 Å². The molecule has 1 aromatic rings. The van der Waals surface area contributed by atoms with Gasteiger partial charge in [0.2, 0.25) is 10.0 Å². The molecule has 2 atom stereocenters. The smallest absolute Gasteiger partial charge is 0.244 e. The number of nitrogens with zero attached hydrogens (tertiary/aromatic N) is 2. The van der Waals surface area contributed by atoms with Crippen molar-refractivity contribution in [1.82, 2.24) is 14.5 Å². The van der Waals surface area contributed by atoms with E-state index in [4.69, 9.17) is 0 Å². The lowest BCUT2D eigenvalue weighted by molar-refractivity contribution is 0.520. The van der Waals surface area contributed by atoms with E-state index in [1.807, 2.05) is 0 Å². The van der Waals surface area contributed by atoms with Crippen molar-refractivity contribution < 1.29 is 8.42 Å². The Labute approximate surface area is 122 Å². The minimum atomic E-state index is -3.45. The quantitative estimate of drug-likeness (QED) is 0.844. The Morgan fingerprint density at radius 2 is 2.11 bits per heavy atom. The number of aromatic nitrogens is 2. The van der Waals surface area contributed by atoms with Crippen LogP contribution in [0.2, 0.25) is 0 Å². The highest BCUT2D eigenvalue weighted by atomic mass is 79.9. The zero-order valence-corrected chi connectivity index (χ0v) is 13.9. The fourth-order valence-electron chi connectivity index (χ4n) is 2.64. The highest BCUT2D eigenvalue weighted by Gasteiger charge is 2.27. The molecular weight excluding hydrogens is 330 g/mol. The van der Waals surface area contributed by atoms with Gasteiger partial charge in [-0.3, -0.25) is 4.68 Å². The van der Waals surface area contributed by atoms with Gasteiger partial charge in [-0.25, -0.2) is 13.1 Å². The number of nitrogens with one attached hydrogen (secondary N) is 1. The van der Waals surface area contributed by atoms with Gasteiger partial charge in [-0.05, 0) is 39.0 Å². The van der Waals surface area contributed by atoms with Gasteiger partial charge in [-0.1, -0.05) is 15.9 Å². The van der Waals surface area contributed by atoms with Crippen LogP contribution >= 0.6 is 15.9 Å². The molecule has 1 aromatic heterocycles. The molecule has 0 aliphatic heterocycles. The molecule has 2 rings (SSSR count). The summed E-state index contributed by atoms with van der Waals surface area (Å²) in [6, 6.07) is 0. The van der Waals surface area contributed by atoms with Gasteiger partial charge in [0.25, 0.3) is 0 Å². The van der Waals surface area contributed by atoms with Gasteiger partial charge < -0.3 is 0 Å². The SMILES string of the molecule is Cc1nn(C)c(C)c1S(=O)(=O)NCC1CCC(Br)C1. The number of hydrogen-bond acceptors (Lipinski definition) is 3. The van der Waals surface area contributed by atoms with Crippen LogP contribution in [0.15, 0.2) is 4.90 Å². The molecule has 7 heteroatoms. The topological polar surface area (TPSA) is 64.0 Å². The van der Waals surface area contributed by atoms with Crippen LogP contribution in [0.4, 0.5) is 0 Å². The van der Waals surface area contributed by atoms with E-state index in [9.17, 15) is 8.42 Å². The van der Waals surface area contributed by atoms with Gasteiger partial charge in [-0.15, -0.1) is 0 Å². The van der Waals surface area contributed by atoms with Gasteiger partial charge in [0.15, 0.2) is 0 Å². The number of sulfonamides is 1. The van der Waals surface area contributed by atoms with Gasteiger partial charge >= 0.3 is 0 Å². The molecule has 0 amide bonds. The van der Waals surface area contributed by atoms with Crippen molar-refractivity contribution in [2.45, 2.75) is 42.8 Å². The van der Waals surface area contributed by atoms with E-state index in [1.165, 1.54) is 0 Å². The summed E-state index contributed by atoms with van der Waals surface area (Å²) >= 11 is 3.58. The number of rotatable bonds is 4. The molecule has 0 spiro atoms. The lowest BCUT2D eigenvalue weighted by atomic mass is 10.1. The molecule has 1 N–H and O–H groups in total. The fraction of sp³-hybridized carbons (Fsp3) is 0.750. The van der Waals surface area contributed by atoms with Crippen molar-refractivity contribution in [3.05, 3.63) is 11.4 Å². The number of halogens is 1. The van der Waals surface area contributed by atoms with E-state index >= 15 is 0 Å². The number of hydrogen-bond donors (Lipinski definition) is 1. The molecule has 0 saturated heterocycles. The second kappa shape index (κ2) is 5.54. The fourth-order valence-corrected chi connectivity index (χ4v) is 4.99. The van der Waals surface area contributed by atoms with Gasteiger partial charge in [0.1, 0.15) is 4.90 Å². The summed E-state index contributed by atoms with van der Waals surface area (Å²) in [5.74, 6) is 0.427. The van der Waals surface area contributed by atoms with E-state index in [0.717, 1.165) is 19.3 Å². The van der Waals surface area contributed by atoms with Crippen LogP contribution in [-0.4, -0.2) is 29.6 Å². The van der Waals surface area contributed by atoms with Crippen LogP contribution in [0.1, 0.15) is 30.7 Å². The molecule has 2 unspecified atom stereocenters. The maximum atomic E-state index is 12.3. The number of alkyl halides is 1. The Morgan fingerprint density at radius 1 is 1.42 bits per heavy atom. The lowest BCUT2D eigenvalue weighted by Gasteiger charge is -2.11. The monoisotopic (exact) mass is 349 g/mol. The first-order valence-corrected chi connectivity index (χ1v) is 8.85. The Kier molecular flexibility index (Phi) is 4.37. The standard InChI is InChI=1S/C12H20BrN3O2S/c1-8-12(9(2)16(3)15-8)19(17,18)14-7-10-4-5-11(13)6-10/h10-11,14H,4-7H2,1-3H3. The molecule has 108 valence electrons. The predicted octanol–water partition coefficient (Wildman–Crippen LogP) is 1.88. The summed E-state index contributed by atoms with van der Waals surface area (Å²) < 4.78 is 29.0. The summed E-state index contributed by atoms with van der Waals surface area (Å²) in [6.07, 6.45) is 3.23. The normalized spacial score (nSPS) is 24.0. The second-order valence-corrected chi connectivity index (χ2v) is 8.25. The third kappa shape index (κ3) is 3.20. The molecule has 1 heterocycles. The third-order valence-electron chi connectivity index (χ3n) is 3.75. The van der Waals surface area contributed by atoms with E-state index in [0.29, 0.717) is 33.6 Å². The van der Waals surface area contributed by atoms with E-state index in [-0.39, 0.29) is 0 Å². The summed E-state index contributed by atoms with van der Waals surface area (Å²) in [5, 5.41) is 4.16. The molecular formula is C12H20BrN3O2S. The number of aryl methyl sites for hydroxylation is 2. The van der Waals surface area contributed by atoms with Crippen LogP contribution in [0.3, 0.4) is 0 Å². The van der Waals surface area contributed by atoms with E-state index < -0.39 is 10.0 Å². The van der Waals surface area contributed by atoms with Crippen molar-refractivity contribution in [2.24, 2.45) is 13.0 Å². The second-order valence-electron chi connectivity index (χ2n) is 5.25. The largest absolute Gasteiger partial charge is 0.271 e. The molecule has 5 nitrogen and oxygen atoms in total. The Balaban J connectivity index is 2.10. The predicted molar refractivity (Wildman–Crippen MR) is 77.9 cm³/mol. The molecule has 0 radical (unpaired) electrons. The van der Waals surface area contributed by atoms with Crippen molar-refractivity contribution >= 4 is 26.0 Å². The highest BCUT2D eigenvalue weighted by Crippen LogP contribution is 2.30. The Bertz CT molecular complexity index is 568.